The van der Waals surface area contributed by atoms with Gasteiger partial charge in [0.05, 0.1) is 21.1 Å². The van der Waals surface area contributed by atoms with E-state index in [0.29, 0.717) is 37.5 Å². The van der Waals surface area contributed by atoms with Gasteiger partial charge in [-0.15, -0.1) is 5.10 Å². The first kappa shape index (κ1) is 23.4. The van der Waals surface area contributed by atoms with Crippen LogP contribution in [0.15, 0.2) is 76.1 Å². The number of amides is 1. The van der Waals surface area contributed by atoms with E-state index in [1.165, 1.54) is 36.8 Å². The lowest BCUT2D eigenvalue weighted by molar-refractivity contribution is -0.387. The van der Waals surface area contributed by atoms with E-state index in [9.17, 15) is 14.9 Å². The van der Waals surface area contributed by atoms with Crippen LogP contribution in [0.4, 0.5) is 5.69 Å². The van der Waals surface area contributed by atoms with Crippen molar-refractivity contribution in [3.63, 3.8) is 0 Å². The maximum absolute atomic E-state index is 12.0. The average molecular weight is 514 g/mol. The zero-order chi connectivity index (χ0) is 24.1. The van der Waals surface area contributed by atoms with Gasteiger partial charge in [0.25, 0.3) is 11.6 Å². The molecule has 0 bridgehead atoms. The summed E-state index contributed by atoms with van der Waals surface area (Å²) in [6.45, 7) is 0. The van der Waals surface area contributed by atoms with Gasteiger partial charge >= 0.3 is 0 Å². The summed E-state index contributed by atoms with van der Waals surface area (Å²) in [5.41, 5.74) is 3.61. The molecule has 4 rings (SSSR count). The van der Waals surface area contributed by atoms with Gasteiger partial charge in [-0.3, -0.25) is 25.0 Å². The molecule has 0 radical (unpaired) electrons. The number of benzene rings is 2. The van der Waals surface area contributed by atoms with Gasteiger partial charge in [-0.25, -0.2) is 10.4 Å². The molecule has 2 heterocycles. The molecule has 0 saturated heterocycles. The topological polar surface area (TPSA) is 139 Å². The van der Waals surface area contributed by atoms with Crippen LogP contribution >= 0.6 is 35.0 Å². The van der Waals surface area contributed by atoms with Crippen molar-refractivity contribution < 1.29 is 9.72 Å². The molecule has 0 aliphatic heterocycles. The number of nitrogens with one attached hydrogen (secondary N) is 2. The summed E-state index contributed by atoms with van der Waals surface area (Å²) in [5.74, 6) is -0.0259. The number of hydrogen-bond acceptors (Lipinski definition) is 8. The first-order valence-electron chi connectivity index (χ1n) is 9.48. The standard InChI is InChI=1S/C21H13Cl2N7O3S/c22-14-2-3-15(16(23)10-14)19-26-21(29-27-19)34-18-4-1-12(9-17(18)30(32)33)11-25-28-20(31)13-5-7-24-8-6-13/h1-11H,(H,28,31)(H,26,27,29)/b25-11-. The number of halogens is 2. The minimum atomic E-state index is -0.515. The number of hydrogen-bond donors (Lipinski definition) is 2. The van der Waals surface area contributed by atoms with E-state index in [1.807, 2.05) is 0 Å². The second-order valence-electron chi connectivity index (χ2n) is 6.61. The molecule has 0 saturated carbocycles. The summed E-state index contributed by atoms with van der Waals surface area (Å²) < 4.78 is 0. The van der Waals surface area contributed by atoms with E-state index < -0.39 is 10.8 Å². The maximum Gasteiger partial charge on any atom is 0.283 e. The lowest BCUT2D eigenvalue weighted by Gasteiger charge is -2.02. The molecule has 34 heavy (non-hydrogen) atoms. The zero-order valence-corrected chi connectivity index (χ0v) is 19.3. The molecule has 170 valence electrons. The van der Waals surface area contributed by atoms with E-state index in [4.69, 9.17) is 23.2 Å². The largest absolute Gasteiger partial charge is 0.283 e. The quantitative estimate of drug-likeness (QED) is 0.201. The molecule has 13 heteroatoms. The number of H-pyrrole nitrogens is 1. The summed E-state index contributed by atoms with van der Waals surface area (Å²) in [6, 6.07) is 12.5. The minimum absolute atomic E-state index is 0.162. The van der Waals surface area contributed by atoms with Crippen LogP contribution in [0.25, 0.3) is 11.4 Å². The summed E-state index contributed by atoms with van der Waals surface area (Å²) in [6.07, 6.45) is 4.28. The molecule has 0 unspecified atom stereocenters. The normalized spacial score (nSPS) is 11.0. The Kier molecular flexibility index (Phi) is 7.16. The van der Waals surface area contributed by atoms with Gasteiger partial charge in [0.15, 0.2) is 5.82 Å². The Labute approximate surface area is 206 Å². The first-order valence-corrected chi connectivity index (χ1v) is 11.1. The summed E-state index contributed by atoms with van der Waals surface area (Å²) in [4.78, 5) is 31.6. The number of hydrazone groups is 1. The molecule has 10 nitrogen and oxygen atoms in total. The van der Waals surface area contributed by atoms with Gasteiger partial charge < -0.3 is 0 Å². The van der Waals surface area contributed by atoms with Gasteiger partial charge in [-0.05, 0) is 48.2 Å². The number of carbonyl (C=O) groups excluding carboxylic acids is 1. The van der Waals surface area contributed by atoms with Crippen LogP contribution in [0.1, 0.15) is 15.9 Å². The van der Waals surface area contributed by atoms with Crippen molar-refractivity contribution in [2.24, 2.45) is 5.10 Å². The third kappa shape index (κ3) is 5.57. The second kappa shape index (κ2) is 10.4. The fourth-order valence-corrected chi connectivity index (χ4v) is 4.07. The number of nitro benzene ring substituents is 1. The fraction of sp³-hybridized carbons (Fsp3) is 0. The average Bonchev–Trinajstić information content (AvgIpc) is 3.28. The van der Waals surface area contributed by atoms with Crippen LogP contribution in [0.3, 0.4) is 0 Å². The number of pyridine rings is 1. The highest BCUT2D eigenvalue weighted by Gasteiger charge is 2.18. The number of aromatic amines is 1. The summed E-state index contributed by atoms with van der Waals surface area (Å²) in [7, 11) is 0. The lowest BCUT2D eigenvalue weighted by atomic mass is 10.2. The molecule has 1 amide bonds. The molecule has 0 aliphatic carbocycles. The lowest BCUT2D eigenvalue weighted by Crippen LogP contribution is -2.17. The van der Waals surface area contributed by atoms with Gasteiger partial charge in [-0.1, -0.05) is 29.3 Å². The Morgan fingerprint density at radius 3 is 2.68 bits per heavy atom. The molecule has 0 atom stereocenters. The molecule has 2 N–H and O–H groups in total. The number of rotatable bonds is 7. The van der Waals surface area contributed by atoms with E-state index >= 15 is 0 Å². The smallest absolute Gasteiger partial charge is 0.267 e. The highest BCUT2D eigenvalue weighted by atomic mass is 35.5. The SMILES string of the molecule is O=C(N/N=C\c1ccc(Sc2n[nH]c(-c3ccc(Cl)cc3Cl)n2)c([N+](=O)[O-])c1)c1ccncc1. The Hall–Kier alpha value is -3.80. The Balaban J connectivity index is 1.49. The first-order chi connectivity index (χ1) is 16.4. The number of carbonyl (C=O) groups is 1. The van der Waals surface area contributed by atoms with Crippen LogP contribution in [0.5, 0.6) is 0 Å². The predicted molar refractivity (Wildman–Crippen MR) is 128 cm³/mol. The summed E-state index contributed by atoms with van der Waals surface area (Å²) >= 11 is 13.1. The molecule has 4 aromatic rings. The van der Waals surface area contributed by atoms with Crippen LogP contribution in [-0.2, 0) is 0 Å². The maximum atomic E-state index is 12.0. The van der Waals surface area contributed by atoms with Crippen LogP contribution in [-0.4, -0.2) is 37.2 Å². The minimum Gasteiger partial charge on any atom is -0.267 e. The van der Waals surface area contributed by atoms with E-state index in [2.05, 4.69) is 30.7 Å². The molecular weight excluding hydrogens is 501 g/mol. The molecule has 0 spiro atoms. The van der Waals surface area contributed by atoms with E-state index in [1.54, 1.807) is 30.3 Å². The molecule has 0 aliphatic rings. The van der Waals surface area contributed by atoms with Crippen molar-refractivity contribution in [3.05, 3.63) is 92.2 Å². The Bertz CT molecular complexity index is 1400. The third-order valence-corrected chi connectivity index (χ3v) is 5.83. The van der Waals surface area contributed by atoms with Crippen LogP contribution < -0.4 is 5.43 Å². The van der Waals surface area contributed by atoms with Gasteiger partial charge in [0.2, 0.25) is 5.16 Å². The highest BCUT2D eigenvalue weighted by molar-refractivity contribution is 7.99. The molecular formula is C21H13Cl2N7O3S. The third-order valence-electron chi connectivity index (χ3n) is 4.35. The van der Waals surface area contributed by atoms with E-state index in [-0.39, 0.29) is 10.8 Å². The van der Waals surface area contributed by atoms with Gasteiger partial charge in [0.1, 0.15) is 0 Å². The van der Waals surface area contributed by atoms with Crippen molar-refractivity contribution >= 4 is 52.8 Å². The van der Waals surface area contributed by atoms with Crippen molar-refractivity contribution in [1.82, 2.24) is 25.6 Å². The van der Waals surface area contributed by atoms with E-state index in [0.717, 1.165) is 11.8 Å². The predicted octanol–water partition coefficient (Wildman–Crippen LogP) is 5.00. The highest BCUT2D eigenvalue weighted by Crippen LogP contribution is 2.35. The number of nitrogens with zero attached hydrogens (tertiary/aromatic N) is 5. The monoisotopic (exact) mass is 513 g/mol. The second-order valence-corrected chi connectivity index (χ2v) is 8.46. The number of nitro groups is 1. The van der Waals surface area contributed by atoms with Crippen molar-refractivity contribution in [2.45, 2.75) is 10.1 Å². The van der Waals surface area contributed by atoms with Crippen LogP contribution in [0, 0.1) is 10.1 Å². The van der Waals surface area contributed by atoms with Crippen LogP contribution in [0.2, 0.25) is 10.0 Å². The van der Waals surface area contributed by atoms with Gasteiger partial charge in [-0.2, -0.15) is 5.10 Å². The Morgan fingerprint density at radius 2 is 1.94 bits per heavy atom. The summed E-state index contributed by atoms with van der Waals surface area (Å²) in [5, 5.41) is 23.5. The molecule has 0 fully saturated rings. The molecule has 2 aromatic heterocycles. The van der Waals surface area contributed by atoms with Gasteiger partial charge in [0, 0.05) is 40.2 Å². The van der Waals surface area contributed by atoms with Crippen molar-refractivity contribution in [1.29, 1.82) is 0 Å². The fourth-order valence-electron chi connectivity index (χ4n) is 2.77. The molecule has 2 aromatic carbocycles. The van der Waals surface area contributed by atoms with Crippen molar-refractivity contribution in [2.75, 3.05) is 0 Å². The number of aromatic nitrogens is 4. The zero-order valence-electron chi connectivity index (χ0n) is 17.0. The van der Waals surface area contributed by atoms with Crippen molar-refractivity contribution in [3.8, 4) is 11.4 Å². The Morgan fingerprint density at radius 1 is 1.15 bits per heavy atom.